The molecular formula is C21H21N3O6S. The van der Waals surface area contributed by atoms with Crippen LogP contribution in [0.25, 0.3) is 11.3 Å². The van der Waals surface area contributed by atoms with E-state index in [1.54, 1.807) is 0 Å². The van der Waals surface area contributed by atoms with Crippen molar-refractivity contribution in [2.75, 3.05) is 26.6 Å². The van der Waals surface area contributed by atoms with Crippen molar-refractivity contribution in [3.8, 4) is 28.5 Å². The Morgan fingerprint density at radius 1 is 1.06 bits per heavy atom. The number of methoxy groups -OCH3 is 3. The van der Waals surface area contributed by atoms with Crippen LogP contribution in [0.15, 0.2) is 29.6 Å². The minimum absolute atomic E-state index is 0.0273. The Kier molecular flexibility index (Phi) is 6.40. The number of nitrogens with one attached hydrogen (secondary N) is 1. The third-order valence-corrected chi connectivity index (χ3v) is 5.52. The third kappa shape index (κ3) is 4.29. The third-order valence-electron chi connectivity index (χ3n) is 4.76. The molecule has 1 aromatic heterocycles. The average molecular weight is 443 g/mol. The van der Waals surface area contributed by atoms with Gasteiger partial charge in [-0.2, -0.15) is 0 Å². The predicted molar refractivity (Wildman–Crippen MR) is 118 cm³/mol. The van der Waals surface area contributed by atoms with E-state index in [1.165, 1.54) is 44.3 Å². The highest BCUT2D eigenvalue weighted by atomic mass is 32.1. The fraction of sp³-hybridized carbons (Fsp3) is 0.238. The summed E-state index contributed by atoms with van der Waals surface area (Å²) in [4.78, 5) is 28.4. The van der Waals surface area contributed by atoms with Crippen molar-refractivity contribution < 1.29 is 23.9 Å². The Hall–Kier alpha value is -3.66. The number of nitro benzene ring substituents is 1. The van der Waals surface area contributed by atoms with Gasteiger partial charge in [-0.15, -0.1) is 11.3 Å². The molecule has 0 radical (unpaired) electrons. The van der Waals surface area contributed by atoms with Gasteiger partial charge in [-0.1, -0.05) is 12.1 Å². The SMILES string of the molecule is COc1cc(C(=O)Nc2nc(-c3ccc(C)c(C)c3)cs2)c([N+](=O)[O-])c(OC)c1OC. The lowest BCUT2D eigenvalue weighted by atomic mass is 10.1. The molecule has 1 heterocycles. The Morgan fingerprint density at radius 2 is 1.77 bits per heavy atom. The highest BCUT2D eigenvalue weighted by molar-refractivity contribution is 7.14. The molecule has 1 N–H and O–H groups in total. The number of rotatable bonds is 7. The number of hydrogen-bond donors (Lipinski definition) is 1. The molecule has 0 atom stereocenters. The molecular weight excluding hydrogens is 422 g/mol. The second-order valence-corrected chi connectivity index (χ2v) is 7.45. The van der Waals surface area contributed by atoms with Crippen LogP contribution in [-0.2, 0) is 0 Å². The maximum Gasteiger partial charge on any atom is 0.327 e. The average Bonchev–Trinajstić information content (AvgIpc) is 3.22. The van der Waals surface area contributed by atoms with E-state index in [-0.39, 0.29) is 22.8 Å². The number of aryl methyl sites for hydroxylation is 2. The number of nitrogens with zero attached hydrogens (tertiary/aromatic N) is 2. The summed E-state index contributed by atoms with van der Waals surface area (Å²) in [6.07, 6.45) is 0. The molecule has 3 rings (SSSR count). The number of anilines is 1. The predicted octanol–water partition coefficient (Wildman–Crippen LogP) is 4.61. The van der Waals surface area contributed by atoms with Crippen LogP contribution in [0.2, 0.25) is 0 Å². The molecule has 0 aliphatic carbocycles. The Balaban J connectivity index is 1.98. The Morgan fingerprint density at radius 3 is 2.35 bits per heavy atom. The fourth-order valence-corrected chi connectivity index (χ4v) is 3.74. The normalized spacial score (nSPS) is 10.5. The lowest BCUT2D eigenvalue weighted by Gasteiger charge is -2.14. The van der Waals surface area contributed by atoms with E-state index in [1.807, 2.05) is 37.4 Å². The number of benzene rings is 2. The number of thiazole rings is 1. The van der Waals surface area contributed by atoms with Crippen molar-refractivity contribution >= 4 is 28.1 Å². The number of nitro groups is 1. The van der Waals surface area contributed by atoms with Crippen molar-refractivity contribution in [2.45, 2.75) is 13.8 Å². The van der Waals surface area contributed by atoms with Crippen molar-refractivity contribution in [1.29, 1.82) is 0 Å². The quantitative estimate of drug-likeness (QED) is 0.419. The molecule has 9 nitrogen and oxygen atoms in total. The molecule has 3 aromatic rings. The molecule has 0 aliphatic heterocycles. The standard InChI is InChI=1S/C21H21N3O6S/c1-11-6-7-13(8-12(11)2)15-10-31-21(22-15)23-20(25)14-9-16(28-3)18(29-4)19(30-5)17(14)24(26)27/h6-10H,1-5H3,(H,22,23,25). The van der Waals surface area contributed by atoms with Crippen LogP contribution in [0, 0.1) is 24.0 Å². The Labute approximate surface area is 182 Å². The summed E-state index contributed by atoms with van der Waals surface area (Å²) in [5.41, 5.74) is 3.15. The van der Waals surface area contributed by atoms with Gasteiger partial charge in [-0.3, -0.25) is 20.2 Å². The first-order chi connectivity index (χ1) is 14.8. The molecule has 10 heteroatoms. The van der Waals surface area contributed by atoms with Gasteiger partial charge in [0.1, 0.15) is 5.56 Å². The largest absolute Gasteiger partial charge is 0.493 e. The zero-order valence-corrected chi connectivity index (χ0v) is 18.5. The van der Waals surface area contributed by atoms with Crippen LogP contribution < -0.4 is 19.5 Å². The number of ether oxygens (including phenoxy) is 3. The molecule has 0 saturated carbocycles. The first-order valence-electron chi connectivity index (χ1n) is 9.12. The fourth-order valence-electron chi connectivity index (χ4n) is 3.02. The first-order valence-corrected chi connectivity index (χ1v) is 10.0. The van der Waals surface area contributed by atoms with Gasteiger partial charge in [0.15, 0.2) is 10.9 Å². The molecule has 2 aromatic carbocycles. The van der Waals surface area contributed by atoms with Crippen molar-refractivity contribution in [3.63, 3.8) is 0 Å². The van der Waals surface area contributed by atoms with Crippen LogP contribution in [0.3, 0.4) is 0 Å². The second-order valence-electron chi connectivity index (χ2n) is 6.59. The molecule has 0 spiro atoms. The van der Waals surface area contributed by atoms with Crippen molar-refractivity contribution in [2.24, 2.45) is 0 Å². The van der Waals surface area contributed by atoms with Gasteiger partial charge in [0.25, 0.3) is 5.91 Å². The molecule has 0 unspecified atom stereocenters. The van der Waals surface area contributed by atoms with Crippen LogP contribution in [0.1, 0.15) is 21.5 Å². The zero-order valence-electron chi connectivity index (χ0n) is 17.6. The molecule has 162 valence electrons. The summed E-state index contributed by atoms with van der Waals surface area (Å²) in [5, 5.41) is 16.4. The van der Waals surface area contributed by atoms with Gasteiger partial charge in [-0.25, -0.2) is 4.98 Å². The highest BCUT2D eigenvalue weighted by Gasteiger charge is 2.32. The first kappa shape index (κ1) is 22.0. The zero-order chi connectivity index (χ0) is 22.7. The van der Waals surface area contributed by atoms with E-state index in [2.05, 4.69) is 10.3 Å². The van der Waals surface area contributed by atoms with Crippen LogP contribution in [0.4, 0.5) is 10.8 Å². The highest BCUT2D eigenvalue weighted by Crippen LogP contribution is 2.46. The van der Waals surface area contributed by atoms with Crippen LogP contribution in [-0.4, -0.2) is 37.1 Å². The number of carbonyl (C=O) groups is 1. The Bertz CT molecular complexity index is 1160. The van der Waals surface area contributed by atoms with Crippen molar-refractivity contribution in [3.05, 3.63) is 56.5 Å². The van der Waals surface area contributed by atoms with Gasteiger partial charge in [-0.05, 0) is 31.0 Å². The number of hydrogen-bond acceptors (Lipinski definition) is 8. The van der Waals surface area contributed by atoms with Gasteiger partial charge in [0, 0.05) is 17.0 Å². The summed E-state index contributed by atoms with van der Waals surface area (Å²) >= 11 is 1.22. The topological polar surface area (TPSA) is 113 Å². The van der Waals surface area contributed by atoms with Gasteiger partial charge in [0.05, 0.1) is 31.9 Å². The van der Waals surface area contributed by atoms with E-state index < -0.39 is 16.5 Å². The summed E-state index contributed by atoms with van der Waals surface area (Å²) in [6.45, 7) is 4.04. The van der Waals surface area contributed by atoms with Gasteiger partial charge >= 0.3 is 5.69 Å². The molecule has 0 saturated heterocycles. The monoisotopic (exact) mass is 443 g/mol. The number of carbonyl (C=O) groups excluding carboxylic acids is 1. The van der Waals surface area contributed by atoms with E-state index in [0.717, 1.165) is 11.1 Å². The van der Waals surface area contributed by atoms with Crippen LogP contribution >= 0.6 is 11.3 Å². The van der Waals surface area contributed by atoms with E-state index >= 15 is 0 Å². The van der Waals surface area contributed by atoms with Gasteiger partial charge < -0.3 is 14.2 Å². The minimum atomic E-state index is -0.716. The lowest BCUT2D eigenvalue weighted by Crippen LogP contribution is -2.15. The number of aromatic nitrogens is 1. The number of amides is 1. The maximum absolute atomic E-state index is 12.9. The molecule has 0 aliphatic rings. The summed E-state index contributed by atoms with van der Waals surface area (Å²) in [5.74, 6) is -0.761. The molecule has 0 bridgehead atoms. The summed E-state index contributed by atoms with van der Waals surface area (Å²) in [7, 11) is 3.94. The van der Waals surface area contributed by atoms with E-state index in [0.29, 0.717) is 10.8 Å². The smallest absolute Gasteiger partial charge is 0.327 e. The molecule has 1 amide bonds. The van der Waals surface area contributed by atoms with Gasteiger partial charge in [0.2, 0.25) is 11.5 Å². The maximum atomic E-state index is 12.9. The molecule has 31 heavy (non-hydrogen) atoms. The second kappa shape index (κ2) is 9.00. The minimum Gasteiger partial charge on any atom is -0.493 e. The summed E-state index contributed by atoms with van der Waals surface area (Å²) in [6, 6.07) is 7.21. The summed E-state index contributed by atoms with van der Waals surface area (Å²) < 4.78 is 15.5. The van der Waals surface area contributed by atoms with Crippen LogP contribution in [0.5, 0.6) is 17.2 Å². The van der Waals surface area contributed by atoms with Crippen molar-refractivity contribution in [1.82, 2.24) is 4.98 Å². The lowest BCUT2D eigenvalue weighted by molar-refractivity contribution is -0.386. The van der Waals surface area contributed by atoms with E-state index in [9.17, 15) is 14.9 Å². The molecule has 0 fully saturated rings. The van der Waals surface area contributed by atoms with E-state index in [4.69, 9.17) is 14.2 Å².